The van der Waals surface area contributed by atoms with E-state index in [0.29, 0.717) is 5.57 Å². The fourth-order valence-corrected chi connectivity index (χ4v) is 5.38. The minimum Gasteiger partial charge on any atom is -0.497 e. The van der Waals surface area contributed by atoms with Crippen molar-refractivity contribution in [3.8, 4) is 5.75 Å². The third-order valence-corrected chi connectivity index (χ3v) is 6.90. The molecule has 2 aliphatic rings. The lowest BCUT2D eigenvalue weighted by atomic mass is 9.68. The standard InChI is InChI=1S/C22H28N2O3/c1-12(13(2)26)16-9-21-22-17(10-20(23(21)3)18(16)11-25)15-7-6-14(27-5)8-19(15)24(22)4/h6-8,16,18,20-21,25H,1,9-11H2,2-5H3/t16-,18+,20-,21-/m0/s1. The number of aryl methyl sites for hydroxylation is 1. The molecule has 5 nitrogen and oxygen atoms in total. The summed E-state index contributed by atoms with van der Waals surface area (Å²) in [5.41, 5.74) is 4.51. The number of carbonyl (C=O) groups excluding carboxylic acids is 1. The van der Waals surface area contributed by atoms with Crippen LogP contribution < -0.4 is 4.74 Å². The highest BCUT2D eigenvalue weighted by atomic mass is 16.5. The Kier molecular flexibility index (Phi) is 4.40. The van der Waals surface area contributed by atoms with Gasteiger partial charge in [0, 0.05) is 42.8 Å². The second-order valence-electron chi connectivity index (χ2n) is 8.03. The number of aliphatic hydroxyl groups excluding tert-OH is 1. The second-order valence-corrected chi connectivity index (χ2v) is 8.03. The normalized spacial score (nSPS) is 27.4. The Morgan fingerprint density at radius 1 is 1.37 bits per heavy atom. The highest BCUT2D eigenvalue weighted by Gasteiger charge is 2.48. The van der Waals surface area contributed by atoms with E-state index >= 15 is 0 Å². The Morgan fingerprint density at radius 3 is 2.74 bits per heavy atom. The number of methoxy groups -OCH3 is 1. The number of aliphatic hydroxyl groups is 1. The maximum atomic E-state index is 12.0. The molecular formula is C22H28N2O3. The van der Waals surface area contributed by atoms with Crippen LogP contribution in [0.2, 0.25) is 0 Å². The van der Waals surface area contributed by atoms with Gasteiger partial charge in [0.15, 0.2) is 5.78 Å². The number of Topliss-reactive ketones (excluding diaryl/α,β-unsaturated/α-hetero) is 1. The van der Waals surface area contributed by atoms with Crippen LogP contribution >= 0.6 is 0 Å². The largest absolute Gasteiger partial charge is 0.497 e. The van der Waals surface area contributed by atoms with Crippen LogP contribution in [0.1, 0.15) is 30.6 Å². The first-order valence-electron chi connectivity index (χ1n) is 9.56. The molecule has 4 atom stereocenters. The number of ether oxygens (including phenoxy) is 1. The number of carbonyl (C=O) groups is 1. The molecule has 1 saturated heterocycles. The zero-order valence-electron chi connectivity index (χ0n) is 16.5. The average molecular weight is 368 g/mol. The van der Waals surface area contributed by atoms with Crippen LogP contribution in [-0.4, -0.2) is 47.2 Å². The van der Waals surface area contributed by atoms with Crippen molar-refractivity contribution in [2.75, 3.05) is 20.8 Å². The molecule has 0 spiro atoms. The summed E-state index contributed by atoms with van der Waals surface area (Å²) in [4.78, 5) is 14.4. The maximum Gasteiger partial charge on any atom is 0.155 e. The molecule has 5 heteroatoms. The lowest BCUT2D eigenvalue weighted by Gasteiger charge is -2.51. The number of likely N-dealkylation sites (N-methyl/N-ethyl adjacent to an activating group) is 1. The lowest BCUT2D eigenvalue weighted by Crippen LogP contribution is -2.54. The minimum absolute atomic E-state index is 0.0272. The Balaban J connectivity index is 1.87. The van der Waals surface area contributed by atoms with Gasteiger partial charge >= 0.3 is 0 Å². The number of nitrogens with zero attached hydrogens (tertiary/aromatic N) is 2. The molecule has 2 aromatic rings. The van der Waals surface area contributed by atoms with Gasteiger partial charge in [-0.2, -0.15) is 0 Å². The Morgan fingerprint density at radius 2 is 2.11 bits per heavy atom. The first-order valence-corrected chi connectivity index (χ1v) is 9.56. The molecule has 0 amide bonds. The van der Waals surface area contributed by atoms with Gasteiger partial charge in [-0.05, 0) is 56.0 Å². The highest BCUT2D eigenvalue weighted by Crippen LogP contribution is 2.50. The molecule has 1 fully saturated rings. The quantitative estimate of drug-likeness (QED) is 0.843. The molecule has 0 radical (unpaired) electrons. The maximum absolute atomic E-state index is 12.0. The summed E-state index contributed by atoms with van der Waals surface area (Å²) in [5, 5.41) is 11.4. The van der Waals surface area contributed by atoms with Crippen LogP contribution in [0.5, 0.6) is 5.75 Å². The van der Waals surface area contributed by atoms with Gasteiger partial charge in [-0.1, -0.05) is 6.58 Å². The van der Waals surface area contributed by atoms with Gasteiger partial charge in [0.2, 0.25) is 0 Å². The Hall–Kier alpha value is -2.11. The van der Waals surface area contributed by atoms with E-state index in [1.165, 1.54) is 22.2 Å². The zero-order valence-corrected chi connectivity index (χ0v) is 16.5. The number of hydrogen-bond acceptors (Lipinski definition) is 4. The van der Waals surface area contributed by atoms with E-state index in [1.54, 1.807) is 14.0 Å². The van der Waals surface area contributed by atoms with Crippen molar-refractivity contribution < 1.29 is 14.6 Å². The van der Waals surface area contributed by atoms with Gasteiger partial charge in [0.25, 0.3) is 0 Å². The minimum atomic E-state index is 0.0272. The van der Waals surface area contributed by atoms with E-state index in [2.05, 4.69) is 42.3 Å². The molecule has 2 bridgehead atoms. The molecular weight excluding hydrogens is 340 g/mol. The van der Waals surface area contributed by atoms with Gasteiger partial charge in [-0.25, -0.2) is 0 Å². The third kappa shape index (κ3) is 2.56. The van der Waals surface area contributed by atoms with Crippen molar-refractivity contribution in [2.24, 2.45) is 18.9 Å². The number of ketones is 1. The van der Waals surface area contributed by atoms with E-state index in [4.69, 9.17) is 4.74 Å². The molecule has 1 aromatic carbocycles. The molecule has 2 aliphatic heterocycles. The van der Waals surface area contributed by atoms with Crippen LogP contribution in [0, 0.1) is 11.8 Å². The summed E-state index contributed by atoms with van der Waals surface area (Å²) in [6, 6.07) is 6.67. The summed E-state index contributed by atoms with van der Waals surface area (Å²) >= 11 is 0. The SMILES string of the molecule is C=C(C(C)=O)[C@@H]1C[C@H]2c3c(c4ccc(OC)cc4n3C)C[C@@H]([C@@H]1CO)N2C. The van der Waals surface area contributed by atoms with Crippen LogP contribution in [0.25, 0.3) is 10.9 Å². The fraction of sp³-hybridized carbons (Fsp3) is 0.500. The second kappa shape index (κ2) is 6.50. The number of hydrogen-bond donors (Lipinski definition) is 1. The number of rotatable bonds is 4. The van der Waals surface area contributed by atoms with E-state index < -0.39 is 0 Å². The zero-order chi connectivity index (χ0) is 19.5. The number of piperidine rings is 1. The van der Waals surface area contributed by atoms with E-state index in [0.717, 1.165) is 18.6 Å². The van der Waals surface area contributed by atoms with Crippen molar-refractivity contribution in [1.29, 1.82) is 0 Å². The van der Waals surface area contributed by atoms with Crippen molar-refractivity contribution >= 4 is 16.7 Å². The molecule has 144 valence electrons. The molecule has 0 unspecified atom stereocenters. The lowest BCUT2D eigenvalue weighted by molar-refractivity contribution is -0.115. The summed E-state index contributed by atoms with van der Waals surface area (Å²) in [5.74, 6) is 0.944. The topological polar surface area (TPSA) is 54.7 Å². The van der Waals surface area contributed by atoms with Gasteiger partial charge in [-0.15, -0.1) is 0 Å². The van der Waals surface area contributed by atoms with Crippen LogP contribution in [-0.2, 0) is 18.3 Å². The Bertz CT molecular complexity index is 929. The highest BCUT2D eigenvalue weighted by molar-refractivity contribution is 5.93. The molecule has 1 N–H and O–H groups in total. The molecule has 0 saturated carbocycles. The average Bonchev–Trinajstić information content (AvgIpc) is 2.92. The third-order valence-electron chi connectivity index (χ3n) is 6.90. The predicted molar refractivity (Wildman–Crippen MR) is 106 cm³/mol. The van der Waals surface area contributed by atoms with E-state index in [-0.39, 0.29) is 36.3 Å². The molecule has 0 aliphatic carbocycles. The van der Waals surface area contributed by atoms with Crippen molar-refractivity contribution in [2.45, 2.75) is 31.8 Å². The fourth-order valence-electron chi connectivity index (χ4n) is 5.38. The summed E-state index contributed by atoms with van der Waals surface area (Å²) in [6.45, 7) is 5.73. The molecule has 3 heterocycles. The van der Waals surface area contributed by atoms with Crippen molar-refractivity contribution in [3.05, 3.63) is 41.6 Å². The van der Waals surface area contributed by atoms with Gasteiger partial charge in [-0.3, -0.25) is 9.69 Å². The Labute approximate surface area is 160 Å². The molecule has 4 rings (SSSR count). The molecule has 27 heavy (non-hydrogen) atoms. The van der Waals surface area contributed by atoms with E-state index in [1.807, 2.05) is 6.07 Å². The van der Waals surface area contributed by atoms with Crippen molar-refractivity contribution in [3.63, 3.8) is 0 Å². The first kappa shape index (κ1) is 18.3. The summed E-state index contributed by atoms with van der Waals surface area (Å²) in [6.07, 6.45) is 1.68. The number of allylic oxidation sites excluding steroid dienone is 1. The van der Waals surface area contributed by atoms with Crippen LogP contribution in [0.3, 0.4) is 0 Å². The van der Waals surface area contributed by atoms with Gasteiger partial charge in [0.1, 0.15) is 5.75 Å². The van der Waals surface area contributed by atoms with Crippen molar-refractivity contribution in [1.82, 2.24) is 9.47 Å². The summed E-state index contributed by atoms with van der Waals surface area (Å²) in [7, 11) is 5.95. The predicted octanol–water partition coefficient (Wildman–Crippen LogP) is 2.86. The summed E-state index contributed by atoms with van der Waals surface area (Å²) < 4.78 is 7.70. The molecule has 1 aromatic heterocycles. The van der Waals surface area contributed by atoms with E-state index in [9.17, 15) is 9.90 Å². The number of benzene rings is 1. The first-order chi connectivity index (χ1) is 12.9. The van der Waals surface area contributed by atoms with Crippen LogP contribution in [0.15, 0.2) is 30.4 Å². The number of aromatic nitrogens is 1. The monoisotopic (exact) mass is 368 g/mol. The van der Waals surface area contributed by atoms with Crippen LogP contribution in [0.4, 0.5) is 0 Å². The van der Waals surface area contributed by atoms with Gasteiger partial charge < -0.3 is 14.4 Å². The smallest absolute Gasteiger partial charge is 0.155 e. The number of fused-ring (bicyclic) bond motifs is 6. The van der Waals surface area contributed by atoms with Gasteiger partial charge in [0.05, 0.1) is 18.7 Å².